The minimum absolute atomic E-state index is 0.000236. The number of likely N-dealkylation sites (tertiary alicyclic amines) is 2. The Hall–Kier alpha value is -4.58. The second kappa shape index (κ2) is 12.3. The lowest BCUT2D eigenvalue weighted by atomic mass is 9.93. The molecule has 0 spiro atoms. The zero-order chi connectivity index (χ0) is 29.9. The van der Waals surface area contributed by atoms with Gasteiger partial charge in [0.2, 0.25) is 11.9 Å². The van der Waals surface area contributed by atoms with Gasteiger partial charge in [0, 0.05) is 49.5 Å². The Balaban J connectivity index is 1.08. The Morgan fingerprint density at radius 1 is 0.884 bits per heavy atom. The number of imidazole rings is 1. The number of nitrogens with one attached hydrogen (secondary N) is 2. The molecule has 224 valence electrons. The van der Waals surface area contributed by atoms with Gasteiger partial charge >= 0.3 is 6.03 Å². The molecule has 0 aliphatic carbocycles. The van der Waals surface area contributed by atoms with Crippen LogP contribution in [0.25, 0.3) is 11.0 Å². The highest BCUT2D eigenvalue weighted by Gasteiger charge is 2.32. The van der Waals surface area contributed by atoms with E-state index >= 15 is 0 Å². The highest BCUT2D eigenvalue weighted by atomic mass is 19.1. The number of anilines is 3. The standard InChI is InChI=1S/C31H34F2N8O2/c32-22-1-4-24(5-2-22)36-31(43)38-30-37-26-18-23(33)3-6-27(26)41(30)25-10-15-40(16-11-25)29(42)21-8-13-39(14-9-21)19-20-7-12-35-28(34)17-20/h1-7,12,17-18,21,25H,8-11,13-16,19H2,(H2,34,35)(H2,36,37,38,43). The van der Waals surface area contributed by atoms with Crippen LogP contribution < -0.4 is 16.4 Å². The summed E-state index contributed by atoms with van der Waals surface area (Å²) in [7, 11) is 0. The van der Waals surface area contributed by atoms with Crippen molar-refractivity contribution in [2.24, 2.45) is 5.92 Å². The van der Waals surface area contributed by atoms with Crippen LogP contribution in [0.1, 0.15) is 37.3 Å². The van der Waals surface area contributed by atoms with E-state index in [0.717, 1.165) is 38.0 Å². The van der Waals surface area contributed by atoms with E-state index in [-0.39, 0.29) is 23.8 Å². The van der Waals surface area contributed by atoms with Crippen molar-refractivity contribution in [3.8, 4) is 0 Å². The fourth-order valence-corrected chi connectivity index (χ4v) is 6.12. The Morgan fingerprint density at radius 2 is 1.60 bits per heavy atom. The molecule has 2 aromatic carbocycles. The van der Waals surface area contributed by atoms with E-state index in [1.165, 1.54) is 36.4 Å². The first kappa shape index (κ1) is 28.5. The molecule has 6 rings (SSSR count). The molecule has 2 aliphatic heterocycles. The molecule has 0 unspecified atom stereocenters. The summed E-state index contributed by atoms with van der Waals surface area (Å²) in [6.45, 7) is 3.66. The summed E-state index contributed by atoms with van der Waals surface area (Å²) in [6, 6.07) is 13.1. The minimum atomic E-state index is -0.546. The molecule has 2 aromatic heterocycles. The van der Waals surface area contributed by atoms with Gasteiger partial charge in [-0.05, 0) is 92.9 Å². The topological polar surface area (TPSA) is 121 Å². The van der Waals surface area contributed by atoms with Crippen LogP contribution >= 0.6 is 0 Å². The summed E-state index contributed by atoms with van der Waals surface area (Å²) in [5, 5.41) is 5.45. The van der Waals surface area contributed by atoms with Crippen LogP contribution in [0.5, 0.6) is 0 Å². The smallest absolute Gasteiger partial charge is 0.326 e. The molecule has 0 bridgehead atoms. The number of amides is 3. The highest BCUT2D eigenvalue weighted by Crippen LogP contribution is 2.33. The van der Waals surface area contributed by atoms with Crippen LogP contribution in [0, 0.1) is 17.6 Å². The van der Waals surface area contributed by atoms with Crippen LogP contribution in [0.3, 0.4) is 0 Å². The quantitative estimate of drug-likeness (QED) is 0.291. The first-order valence-electron chi connectivity index (χ1n) is 14.5. The average Bonchev–Trinajstić information content (AvgIpc) is 3.35. The number of fused-ring (bicyclic) bond motifs is 1. The summed E-state index contributed by atoms with van der Waals surface area (Å²) in [6.07, 6.45) is 4.69. The van der Waals surface area contributed by atoms with Gasteiger partial charge in [0.1, 0.15) is 17.5 Å². The number of pyridine rings is 1. The lowest BCUT2D eigenvalue weighted by Crippen LogP contribution is -2.45. The van der Waals surface area contributed by atoms with Crippen molar-refractivity contribution in [3.63, 3.8) is 0 Å². The Bertz CT molecular complexity index is 1610. The van der Waals surface area contributed by atoms with Gasteiger partial charge in [-0.25, -0.2) is 23.5 Å². The minimum Gasteiger partial charge on any atom is -0.384 e. The van der Waals surface area contributed by atoms with Crippen molar-refractivity contribution < 1.29 is 18.4 Å². The first-order valence-corrected chi connectivity index (χ1v) is 14.5. The van der Waals surface area contributed by atoms with Crippen LogP contribution in [-0.2, 0) is 11.3 Å². The molecule has 2 fully saturated rings. The molecule has 4 heterocycles. The highest BCUT2D eigenvalue weighted by molar-refractivity contribution is 5.99. The second-order valence-electron chi connectivity index (χ2n) is 11.2. The molecule has 4 aromatic rings. The first-order chi connectivity index (χ1) is 20.8. The Morgan fingerprint density at radius 3 is 2.33 bits per heavy atom. The number of rotatable bonds is 6. The number of hydrogen-bond acceptors (Lipinski definition) is 6. The Kier molecular flexibility index (Phi) is 8.19. The number of piperidine rings is 2. The maximum absolute atomic E-state index is 14.0. The fourth-order valence-electron chi connectivity index (χ4n) is 6.12. The van der Waals surface area contributed by atoms with Crippen LogP contribution in [0.2, 0.25) is 0 Å². The van der Waals surface area contributed by atoms with E-state index in [9.17, 15) is 18.4 Å². The molecule has 4 N–H and O–H groups in total. The number of nitrogens with zero attached hydrogens (tertiary/aromatic N) is 5. The zero-order valence-corrected chi connectivity index (χ0v) is 23.7. The summed E-state index contributed by atoms with van der Waals surface area (Å²) in [4.78, 5) is 39.1. The van der Waals surface area contributed by atoms with Crippen LogP contribution in [-0.4, -0.2) is 62.5 Å². The average molecular weight is 589 g/mol. The summed E-state index contributed by atoms with van der Waals surface area (Å²) < 4.78 is 29.2. The van der Waals surface area contributed by atoms with E-state index in [0.29, 0.717) is 48.5 Å². The molecule has 3 amide bonds. The van der Waals surface area contributed by atoms with Crippen molar-refractivity contribution >= 4 is 40.4 Å². The van der Waals surface area contributed by atoms with Crippen molar-refractivity contribution in [3.05, 3.63) is 78.0 Å². The maximum Gasteiger partial charge on any atom is 0.326 e. The number of hydrogen-bond donors (Lipinski definition) is 3. The SMILES string of the molecule is Nc1cc(CN2CCC(C(=O)N3CCC(n4c(NC(=O)Nc5ccc(F)cc5)nc5cc(F)ccc54)CC3)CC2)ccn1. The molecule has 0 radical (unpaired) electrons. The lowest BCUT2D eigenvalue weighted by molar-refractivity contribution is -0.138. The molecule has 43 heavy (non-hydrogen) atoms. The number of nitrogen functional groups attached to an aromatic ring is 1. The number of aromatic nitrogens is 3. The van der Waals surface area contributed by atoms with Crippen LogP contribution in [0.15, 0.2) is 60.8 Å². The number of halogens is 2. The largest absolute Gasteiger partial charge is 0.384 e. The van der Waals surface area contributed by atoms with Crippen molar-refractivity contribution in [2.75, 3.05) is 42.5 Å². The molecule has 0 atom stereocenters. The summed E-state index contributed by atoms with van der Waals surface area (Å²) in [5.41, 5.74) is 8.49. The van der Waals surface area contributed by atoms with Gasteiger partial charge < -0.3 is 20.5 Å². The van der Waals surface area contributed by atoms with Gasteiger partial charge in [0.05, 0.1) is 11.0 Å². The summed E-state index contributed by atoms with van der Waals surface area (Å²) in [5.74, 6) is 0.166. The van der Waals surface area contributed by atoms with E-state index in [2.05, 4.69) is 25.5 Å². The maximum atomic E-state index is 14.0. The third-order valence-corrected chi connectivity index (χ3v) is 8.31. The van der Waals surface area contributed by atoms with Crippen molar-refractivity contribution in [1.29, 1.82) is 0 Å². The van der Waals surface area contributed by atoms with Gasteiger partial charge in [-0.2, -0.15) is 0 Å². The monoisotopic (exact) mass is 588 g/mol. The molecule has 10 nitrogen and oxygen atoms in total. The molecular formula is C31H34F2N8O2. The van der Waals surface area contributed by atoms with Gasteiger partial charge in [0.25, 0.3) is 0 Å². The van der Waals surface area contributed by atoms with E-state index in [4.69, 9.17) is 5.73 Å². The lowest BCUT2D eigenvalue weighted by Gasteiger charge is -2.38. The van der Waals surface area contributed by atoms with Gasteiger partial charge in [-0.1, -0.05) is 0 Å². The predicted molar refractivity (Wildman–Crippen MR) is 160 cm³/mol. The van der Waals surface area contributed by atoms with Gasteiger partial charge in [-0.3, -0.25) is 15.0 Å². The molecule has 2 saturated heterocycles. The Labute approximate surface area is 247 Å². The number of benzene rings is 2. The van der Waals surface area contributed by atoms with Gasteiger partial charge in [0.15, 0.2) is 0 Å². The van der Waals surface area contributed by atoms with E-state index < -0.39 is 17.7 Å². The third kappa shape index (κ3) is 6.59. The second-order valence-corrected chi connectivity index (χ2v) is 11.2. The predicted octanol–water partition coefficient (Wildman–Crippen LogP) is 5.01. The van der Waals surface area contributed by atoms with E-state index in [1.807, 2.05) is 21.6 Å². The van der Waals surface area contributed by atoms with E-state index in [1.54, 1.807) is 12.3 Å². The third-order valence-electron chi connectivity index (χ3n) is 8.31. The normalized spacial score (nSPS) is 16.8. The zero-order valence-electron chi connectivity index (χ0n) is 23.7. The van der Waals surface area contributed by atoms with Crippen LogP contribution in [0.4, 0.5) is 31.0 Å². The molecular weight excluding hydrogens is 554 g/mol. The number of carbonyl (C=O) groups is 2. The van der Waals surface area contributed by atoms with Crippen molar-refractivity contribution in [2.45, 2.75) is 38.3 Å². The number of carbonyl (C=O) groups excluding carboxylic acids is 2. The fraction of sp³-hybridized carbons (Fsp3) is 0.355. The molecule has 0 saturated carbocycles. The molecule has 2 aliphatic rings. The molecule has 12 heteroatoms. The van der Waals surface area contributed by atoms with Gasteiger partial charge in [-0.15, -0.1) is 0 Å². The number of urea groups is 1. The number of nitrogens with two attached hydrogens (primary N) is 1. The summed E-state index contributed by atoms with van der Waals surface area (Å²) >= 11 is 0. The van der Waals surface area contributed by atoms with Crippen molar-refractivity contribution in [1.82, 2.24) is 24.3 Å².